The number of ether oxygens (including phenoxy) is 1. The lowest BCUT2D eigenvalue weighted by molar-refractivity contribution is -0.137. The highest BCUT2D eigenvalue weighted by Crippen LogP contribution is 2.32. The summed E-state index contributed by atoms with van der Waals surface area (Å²) in [5.41, 5.74) is -0.194. The maximum atomic E-state index is 13.0. The van der Waals surface area contributed by atoms with Gasteiger partial charge < -0.3 is 20.3 Å². The van der Waals surface area contributed by atoms with Crippen LogP contribution in [0.4, 0.5) is 13.2 Å². The number of nitrogens with zero attached hydrogens (tertiary/aromatic N) is 2. The molecule has 1 aliphatic heterocycles. The predicted octanol–water partition coefficient (Wildman–Crippen LogP) is 2.18. The first-order valence-corrected chi connectivity index (χ1v) is 8.87. The second kappa shape index (κ2) is 9.59. The van der Waals surface area contributed by atoms with Gasteiger partial charge >= 0.3 is 6.18 Å². The van der Waals surface area contributed by atoms with Gasteiger partial charge in [0.05, 0.1) is 25.3 Å². The zero-order valence-corrected chi connectivity index (χ0v) is 15.5. The summed E-state index contributed by atoms with van der Waals surface area (Å²) in [4.78, 5) is 17.4. The molecule has 1 aliphatic rings. The first-order valence-electron chi connectivity index (χ1n) is 8.87. The molecule has 1 aromatic rings. The fourth-order valence-electron chi connectivity index (χ4n) is 2.78. The van der Waals surface area contributed by atoms with E-state index in [0.29, 0.717) is 50.9 Å². The maximum Gasteiger partial charge on any atom is 0.416 e. The number of hydrogen-bond acceptors (Lipinski definition) is 3. The summed E-state index contributed by atoms with van der Waals surface area (Å²) in [6, 6.07) is 5.23. The molecule has 0 aliphatic carbocycles. The number of halogens is 3. The van der Waals surface area contributed by atoms with Crippen LogP contribution in [0.2, 0.25) is 0 Å². The third-order valence-corrected chi connectivity index (χ3v) is 4.03. The van der Waals surface area contributed by atoms with Crippen molar-refractivity contribution >= 4 is 11.9 Å². The molecule has 9 heteroatoms. The van der Waals surface area contributed by atoms with Crippen LogP contribution < -0.4 is 10.6 Å². The van der Waals surface area contributed by atoms with E-state index in [9.17, 15) is 18.0 Å². The van der Waals surface area contributed by atoms with E-state index in [1.807, 2.05) is 11.8 Å². The van der Waals surface area contributed by atoms with Gasteiger partial charge in [-0.15, -0.1) is 0 Å². The lowest BCUT2D eigenvalue weighted by Crippen LogP contribution is -2.48. The SMILES string of the molecule is CCNC(=NCCNC(C)=O)N1CCOC(c2cccc(C(F)(F)F)c2)C1. The molecule has 0 radical (unpaired) electrons. The average Bonchev–Trinajstić information content (AvgIpc) is 2.63. The summed E-state index contributed by atoms with van der Waals surface area (Å²) in [7, 11) is 0. The summed E-state index contributed by atoms with van der Waals surface area (Å²) in [5.74, 6) is 0.536. The number of aliphatic imine (C=N–C) groups is 1. The fraction of sp³-hybridized carbons (Fsp3) is 0.556. The second-order valence-corrected chi connectivity index (χ2v) is 6.15. The van der Waals surface area contributed by atoms with Gasteiger partial charge in [0, 0.05) is 26.6 Å². The molecule has 1 atom stereocenters. The zero-order chi connectivity index (χ0) is 19.9. The highest BCUT2D eigenvalue weighted by atomic mass is 19.4. The molecule has 2 rings (SSSR count). The molecule has 1 amide bonds. The van der Waals surface area contributed by atoms with E-state index in [4.69, 9.17) is 4.74 Å². The summed E-state index contributed by atoms with van der Waals surface area (Å²) in [6.45, 7) is 6.24. The molecule has 1 saturated heterocycles. The Balaban J connectivity index is 2.08. The van der Waals surface area contributed by atoms with Crippen LogP contribution in [-0.2, 0) is 15.7 Å². The van der Waals surface area contributed by atoms with Gasteiger partial charge in [0.2, 0.25) is 5.91 Å². The molecule has 6 nitrogen and oxygen atoms in total. The van der Waals surface area contributed by atoms with Crippen LogP contribution in [-0.4, -0.2) is 56.1 Å². The summed E-state index contributed by atoms with van der Waals surface area (Å²) < 4.78 is 44.6. The predicted molar refractivity (Wildman–Crippen MR) is 96.4 cm³/mol. The van der Waals surface area contributed by atoms with Gasteiger partial charge in [-0.05, 0) is 24.6 Å². The van der Waals surface area contributed by atoms with E-state index in [1.54, 1.807) is 6.07 Å². The molecular weight excluding hydrogens is 361 g/mol. The zero-order valence-electron chi connectivity index (χ0n) is 15.5. The van der Waals surface area contributed by atoms with Crippen molar-refractivity contribution < 1.29 is 22.7 Å². The quantitative estimate of drug-likeness (QED) is 0.463. The number of amides is 1. The van der Waals surface area contributed by atoms with Crippen molar-refractivity contribution in [1.29, 1.82) is 0 Å². The molecule has 0 saturated carbocycles. The number of hydrogen-bond donors (Lipinski definition) is 2. The molecule has 1 heterocycles. The Labute approximate surface area is 156 Å². The first kappa shape index (κ1) is 21.0. The minimum Gasteiger partial charge on any atom is -0.370 e. The van der Waals surface area contributed by atoms with Gasteiger partial charge in [-0.3, -0.25) is 9.79 Å². The van der Waals surface area contributed by atoms with Crippen molar-refractivity contribution in [2.45, 2.75) is 26.1 Å². The number of carbonyl (C=O) groups excluding carboxylic acids is 1. The van der Waals surface area contributed by atoms with E-state index in [2.05, 4.69) is 15.6 Å². The minimum absolute atomic E-state index is 0.119. The Morgan fingerprint density at radius 3 is 2.81 bits per heavy atom. The first-order chi connectivity index (χ1) is 12.8. The molecule has 0 spiro atoms. The van der Waals surface area contributed by atoms with Crippen molar-refractivity contribution in [2.24, 2.45) is 4.99 Å². The number of morpholine rings is 1. The van der Waals surface area contributed by atoms with Crippen LogP contribution in [0.1, 0.15) is 31.1 Å². The Bertz CT molecular complexity index is 664. The molecule has 1 fully saturated rings. The van der Waals surface area contributed by atoms with Crippen molar-refractivity contribution in [3.8, 4) is 0 Å². The minimum atomic E-state index is -4.38. The van der Waals surface area contributed by atoms with Crippen LogP contribution in [0.3, 0.4) is 0 Å². The van der Waals surface area contributed by atoms with E-state index in [0.717, 1.165) is 12.1 Å². The van der Waals surface area contributed by atoms with Gasteiger partial charge in [0.15, 0.2) is 5.96 Å². The highest BCUT2D eigenvalue weighted by Gasteiger charge is 2.32. The Hall–Kier alpha value is -2.29. The van der Waals surface area contributed by atoms with Gasteiger partial charge in [-0.2, -0.15) is 13.2 Å². The average molecular weight is 386 g/mol. The summed E-state index contributed by atoms with van der Waals surface area (Å²) in [5, 5.41) is 5.85. The molecular formula is C18H25F3N4O2. The van der Waals surface area contributed by atoms with Crippen LogP contribution in [0, 0.1) is 0 Å². The van der Waals surface area contributed by atoms with E-state index >= 15 is 0 Å². The van der Waals surface area contributed by atoms with Crippen LogP contribution in [0.5, 0.6) is 0 Å². The number of alkyl halides is 3. The van der Waals surface area contributed by atoms with Crippen LogP contribution in [0.25, 0.3) is 0 Å². The highest BCUT2D eigenvalue weighted by molar-refractivity contribution is 5.80. The molecule has 1 unspecified atom stereocenters. The third-order valence-electron chi connectivity index (χ3n) is 4.03. The largest absolute Gasteiger partial charge is 0.416 e. The topological polar surface area (TPSA) is 66.0 Å². The fourth-order valence-corrected chi connectivity index (χ4v) is 2.78. The van der Waals surface area contributed by atoms with Gasteiger partial charge in [-0.1, -0.05) is 12.1 Å². The van der Waals surface area contributed by atoms with Gasteiger partial charge in [0.25, 0.3) is 0 Å². The van der Waals surface area contributed by atoms with Gasteiger partial charge in [-0.25, -0.2) is 0 Å². The smallest absolute Gasteiger partial charge is 0.370 e. The maximum absolute atomic E-state index is 13.0. The van der Waals surface area contributed by atoms with Crippen molar-refractivity contribution in [2.75, 3.05) is 39.3 Å². The lowest BCUT2D eigenvalue weighted by Gasteiger charge is -2.35. The molecule has 150 valence electrons. The summed E-state index contributed by atoms with van der Waals surface area (Å²) >= 11 is 0. The number of benzene rings is 1. The second-order valence-electron chi connectivity index (χ2n) is 6.15. The third kappa shape index (κ3) is 6.42. The van der Waals surface area contributed by atoms with Crippen LogP contribution in [0.15, 0.2) is 29.3 Å². The standard InChI is InChI=1S/C18H25F3N4O2/c1-3-22-17(24-8-7-23-13(2)26)25-9-10-27-16(12-25)14-5-4-6-15(11-14)18(19,20)21/h4-6,11,16H,3,7-10,12H2,1-2H3,(H,22,24)(H,23,26). The number of nitrogens with one attached hydrogen (secondary N) is 2. The van der Waals surface area contributed by atoms with E-state index < -0.39 is 17.8 Å². The van der Waals surface area contributed by atoms with Gasteiger partial charge in [0.1, 0.15) is 6.10 Å². The normalized spacial score (nSPS) is 18.3. The number of carbonyl (C=O) groups is 1. The number of rotatable bonds is 5. The van der Waals surface area contributed by atoms with Crippen molar-refractivity contribution in [1.82, 2.24) is 15.5 Å². The lowest BCUT2D eigenvalue weighted by atomic mass is 10.0. The molecule has 1 aromatic carbocycles. The Morgan fingerprint density at radius 1 is 1.37 bits per heavy atom. The molecule has 0 bridgehead atoms. The van der Waals surface area contributed by atoms with Crippen molar-refractivity contribution in [3.05, 3.63) is 35.4 Å². The molecule has 2 N–H and O–H groups in total. The van der Waals surface area contributed by atoms with Crippen molar-refractivity contribution in [3.63, 3.8) is 0 Å². The van der Waals surface area contributed by atoms with E-state index in [-0.39, 0.29) is 5.91 Å². The van der Waals surface area contributed by atoms with Crippen LogP contribution >= 0.6 is 0 Å². The Morgan fingerprint density at radius 2 is 2.15 bits per heavy atom. The Kier molecular flexibility index (Phi) is 7.46. The molecule has 0 aromatic heterocycles. The number of guanidine groups is 1. The monoisotopic (exact) mass is 386 g/mol. The summed E-state index contributed by atoms with van der Waals surface area (Å²) in [6.07, 6.45) is -4.86. The molecule has 27 heavy (non-hydrogen) atoms. The van der Waals surface area contributed by atoms with E-state index in [1.165, 1.54) is 13.0 Å².